The van der Waals surface area contributed by atoms with Gasteiger partial charge in [-0.05, 0) is 0 Å². The van der Waals surface area contributed by atoms with Crippen LogP contribution in [-0.2, 0) is 4.74 Å². The molecule has 1 fully saturated rings. The van der Waals surface area contributed by atoms with E-state index in [2.05, 4.69) is 5.18 Å². The molecule has 0 aromatic rings. The molecule has 0 saturated carbocycles. The number of hydrogen-bond acceptors (Lipinski definition) is 5. The molecule has 0 bridgehead atoms. The highest BCUT2D eigenvalue weighted by atomic mass is 16.6. The minimum absolute atomic E-state index is 0.00583. The highest BCUT2D eigenvalue weighted by Crippen LogP contribution is 2.17. The van der Waals surface area contributed by atoms with Crippen LogP contribution >= 0.6 is 0 Å². The molecule has 64 valence electrons. The van der Waals surface area contributed by atoms with Gasteiger partial charge in [0.05, 0.1) is 12.2 Å². The van der Waals surface area contributed by atoms with Gasteiger partial charge in [-0.2, -0.15) is 4.91 Å². The Bertz CT molecular complexity index is 131. The lowest BCUT2D eigenvalue weighted by molar-refractivity contribution is -0.185. The third-order valence-electron chi connectivity index (χ3n) is 1.64. The molecule has 0 amide bonds. The summed E-state index contributed by atoms with van der Waals surface area (Å²) in [6.07, 6.45) is -1.36. The summed E-state index contributed by atoms with van der Waals surface area (Å²) in [7, 11) is 0. The number of aliphatic hydroxyl groups excluding tert-OH is 2. The van der Waals surface area contributed by atoms with E-state index in [-0.39, 0.29) is 13.0 Å². The van der Waals surface area contributed by atoms with Crippen molar-refractivity contribution in [2.75, 3.05) is 6.54 Å². The standard InChI is InChI=1S/C6H11NO4/c8-4-1-5(3-7-10)11-6(9)2-4/h4-6,8-9H,1-3H2/t4-,5-,6-/m0/s1. The van der Waals surface area contributed by atoms with Crippen molar-refractivity contribution in [3.63, 3.8) is 0 Å². The van der Waals surface area contributed by atoms with Crippen LogP contribution in [0.25, 0.3) is 0 Å². The normalized spacial score (nSPS) is 38.5. The van der Waals surface area contributed by atoms with Crippen molar-refractivity contribution in [3.8, 4) is 0 Å². The van der Waals surface area contributed by atoms with Crippen LogP contribution in [0.3, 0.4) is 0 Å². The summed E-state index contributed by atoms with van der Waals surface area (Å²) in [6, 6.07) is 0. The summed E-state index contributed by atoms with van der Waals surface area (Å²) in [5, 5.41) is 20.7. The summed E-state index contributed by atoms with van der Waals surface area (Å²) in [4.78, 5) is 9.79. The van der Waals surface area contributed by atoms with E-state index < -0.39 is 18.5 Å². The first-order chi connectivity index (χ1) is 5.22. The zero-order valence-corrected chi connectivity index (χ0v) is 6.01. The molecule has 5 nitrogen and oxygen atoms in total. The predicted molar refractivity (Wildman–Crippen MR) is 36.8 cm³/mol. The summed E-state index contributed by atoms with van der Waals surface area (Å²) < 4.78 is 4.90. The van der Waals surface area contributed by atoms with Gasteiger partial charge in [-0.15, -0.1) is 0 Å². The second-order valence-corrected chi connectivity index (χ2v) is 2.65. The molecule has 1 aliphatic rings. The first-order valence-electron chi connectivity index (χ1n) is 3.53. The van der Waals surface area contributed by atoms with Crippen LogP contribution in [0, 0.1) is 4.91 Å². The van der Waals surface area contributed by atoms with Gasteiger partial charge >= 0.3 is 0 Å². The molecule has 11 heavy (non-hydrogen) atoms. The maximum Gasteiger partial charge on any atom is 0.157 e. The van der Waals surface area contributed by atoms with Gasteiger partial charge in [-0.25, -0.2) is 0 Å². The van der Waals surface area contributed by atoms with E-state index >= 15 is 0 Å². The van der Waals surface area contributed by atoms with Crippen LogP contribution in [0.2, 0.25) is 0 Å². The molecule has 2 N–H and O–H groups in total. The van der Waals surface area contributed by atoms with Crippen molar-refractivity contribution >= 4 is 0 Å². The van der Waals surface area contributed by atoms with Crippen molar-refractivity contribution in [3.05, 3.63) is 4.91 Å². The van der Waals surface area contributed by atoms with Gasteiger partial charge in [0, 0.05) is 12.8 Å². The van der Waals surface area contributed by atoms with E-state index in [4.69, 9.17) is 14.9 Å². The van der Waals surface area contributed by atoms with E-state index in [9.17, 15) is 4.91 Å². The largest absolute Gasteiger partial charge is 0.393 e. The van der Waals surface area contributed by atoms with Crippen molar-refractivity contribution in [2.24, 2.45) is 5.18 Å². The van der Waals surface area contributed by atoms with Crippen LogP contribution in [0.4, 0.5) is 0 Å². The van der Waals surface area contributed by atoms with Crippen molar-refractivity contribution in [1.29, 1.82) is 0 Å². The Kier molecular flexibility index (Phi) is 2.92. The van der Waals surface area contributed by atoms with Crippen LogP contribution < -0.4 is 0 Å². The van der Waals surface area contributed by atoms with Gasteiger partial charge in [0.25, 0.3) is 0 Å². The number of rotatable bonds is 2. The van der Waals surface area contributed by atoms with Gasteiger partial charge < -0.3 is 14.9 Å². The van der Waals surface area contributed by atoms with Gasteiger partial charge in [-0.1, -0.05) is 5.18 Å². The number of nitroso groups, excluding NO2 is 1. The summed E-state index contributed by atoms with van der Waals surface area (Å²) in [5.41, 5.74) is 0. The number of nitrogens with zero attached hydrogens (tertiary/aromatic N) is 1. The maximum absolute atomic E-state index is 9.79. The first kappa shape index (κ1) is 8.58. The van der Waals surface area contributed by atoms with Crippen molar-refractivity contribution in [1.82, 2.24) is 0 Å². The molecular formula is C6H11NO4. The number of ether oxygens (including phenoxy) is 1. The fourth-order valence-electron chi connectivity index (χ4n) is 1.17. The van der Waals surface area contributed by atoms with E-state index in [0.717, 1.165) is 0 Å². The highest BCUT2D eigenvalue weighted by molar-refractivity contribution is 4.73. The Morgan fingerprint density at radius 1 is 1.45 bits per heavy atom. The molecule has 1 heterocycles. The molecule has 0 spiro atoms. The lowest BCUT2D eigenvalue weighted by Gasteiger charge is -2.28. The van der Waals surface area contributed by atoms with E-state index in [1.165, 1.54) is 0 Å². The lowest BCUT2D eigenvalue weighted by atomic mass is 10.1. The molecule has 1 aliphatic heterocycles. The molecule has 5 heteroatoms. The molecule has 0 unspecified atom stereocenters. The smallest absolute Gasteiger partial charge is 0.157 e. The number of hydrogen-bond donors (Lipinski definition) is 2. The van der Waals surface area contributed by atoms with Crippen molar-refractivity contribution < 1.29 is 14.9 Å². The number of aliphatic hydroxyl groups is 2. The van der Waals surface area contributed by atoms with Gasteiger partial charge in [0.15, 0.2) is 6.29 Å². The van der Waals surface area contributed by atoms with Crippen molar-refractivity contribution in [2.45, 2.75) is 31.3 Å². The zero-order valence-electron chi connectivity index (χ0n) is 6.01. The van der Waals surface area contributed by atoms with Crippen LogP contribution in [0.15, 0.2) is 5.18 Å². The fraction of sp³-hybridized carbons (Fsp3) is 1.00. The minimum atomic E-state index is -0.953. The molecule has 3 atom stereocenters. The van der Waals surface area contributed by atoms with Gasteiger partial charge in [0.1, 0.15) is 6.54 Å². The van der Waals surface area contributed by atoms with Gasteiger partial charge in [-0.3, -0.25) is 0 Å². The Balaban J connectivity index is 2.36. The average Bonchev–Trinajstić information content (AvgIpc) is 1.85. The summed E-state index contributed by atoms with van der Waals surface area (Å²) in [6.45, 7) is -0.00583. The Labute approximate surface area is 64.0 Å². The molecule has 1 saturated heterocycles. The third-order valence-corrected chi connectivity index (χ3v) is 1.64. The molecule has 0 aromatic heterocycles. The lowest BCUT2D eigenvalue weighted by Crippen LogP contribution is -2.36. The van der Waals surface area contributed by atoms with E-state index in [1.807, 2.05) is 0 Å². The topological polar surface area (TPSA) is 79.1 Å². The van der Waals surface area contributed by atoms with Crippen LogP contribution in [0.1, 0.15) is 12.8 Å². The van der Waals surface area contributed by atoms with Gasteiger partial charge in [0.2, 0.25) is 0 Å². The molecule has 0 radical (unpaired) electrons. The quantitative estimate of drug-likeness (QED) is 0.540. The Morgan fingerprint density at radius 3 is 2.73 bits per heavy atom. The maximum atomic E-state index is 9.79. The summed E-state index contributed by atoms with van der Waals surface area (Å²) >= 11 is 0. The predicted octanol–water partition coefficient (Wildman–Crippen LogP) is -0.389. The Morgan fingerprint density at radius 2 is 2.18 bits per heavy atom. The third kappa shape index (κ3) is 2.53. The van der Waals surface area contributed by atoms with E-state index in [1.54, 1.807) is 0 Å². The van der Waals surface area contributed by atoms with Crippen LogP contribution in [0.5, 0.6) is 0 Å². The average molecular weight is 161 g/mol. The minimum Gasteiger partial charge on any atom is -0.393 e. The fourth-order valence-corrected chi connectivity index (χ4v) is 1.17. The monoisotopic (exact) mass is 161 g/mol. The second kappa shape index (κ2) is 3.75. The zero-order chi connectivity index (χ0) is 8.27. The Hall–Kier alpha value is -0.520. The molecule has 0 aromatic carbocycles. The molecule has 0 aliphatic carbocycles. The summed E-state index contributed by atoms with van der Waals surface area (Å²) in [5.74, 6) is 0. The van der Waals surface area contributed by atoms with Crippen LogP contribution in [-0.4, -0.2) is 35.3 Å². The first-order valence-corrected chi connectivity index (χ1v) is 3.53. The molecule has 1 rings (SSSR count). The SMILES string of the molecule is O=NC[C@@H]1C[C@H](O)C[C@@H](O)O1. The highest BCUT2D eigenvalue weighted by Gasteiger charge is 2.26. The second-order valence-electron chi connectivity index (χ2n) is 2.65. The van der Waals surface area contributed by atoms with E-state index in [0.29, 0.717) is 6.42 Å². The molecular weight excluding hydrogens is 150 g/mol.